The van der Waals surface area contributed by atoms with Crippen molar-refractivity contribution in [3.05, 3.63) is 59.1 Å². The van der Waals surface area contributed by atoms with Crippen LogP contribution in [0.15, 0.2) is 42.6 Å². The summed E-state index contributed by atoms with van der Waals surface area (Å²) in [7, 11) is 0. The van der Waals surface area contributed by atoms with Crippen molar-refractivity contribution in [3.8, 4) is 5.75 Å². The molecule has 1 saturated heterocycles. The highest BCUT2D eigenvalue weighted by Gasteiger charge is 2.25. The van der Waals surface area contributed by atoms with E-state index >= 15 is 0 Å². The number of amides is 1. The van der Waals surface area contributed by atoms with E-state index in [0.717, 1.165) is 38.0 Å². The van der Waals surface area contributed by atoms with E-state index in [2.05, 4.69) is 10.3 Å². The van der Waals surface area contributed by atoms with E-state index in [1.54, 1.807) is 6.20 Å². The van der Waals surface area contributed by atoms with Crippen molar-refractivity contribution in [1.29, 1.82) is 0 Å². The smallest absolute Gasteiger partial charge is 0.261 e. The largest absolute Gasteiger partial charge is 0.482 e. The molecule has 0 bridgehead atoms. The number of nitrogens with one attached hydrogen (secondary N) is 1. The number of ether oxygens (including phenoxy) is 1. The fourth-order valence-corrected chi connectivity index (χ4v) is 3.44. The molecule has 1 atom stereocenters. The highest BCUT2D eigenvalue weighted by atomic mass is 35.5. The third-order valence-electron chi connectivity index (χ3n) is 4.61. The number of hydrogen-bond donors (Lipinski definition) is 1. The second kappa shape index (κ2) is 9.67. The summed E-state index contributed by atoms with van der Waals surface area (Å²) < 4.78 is 18.7. The summed E-state index contributed by atoms with van der Waals surface area (Å²) in [5.74, 6) is -0.277. The Balaban J connectivity index is 1.71. The zero-order chi connectivity index (χ0) is 19.1. The van der Waals surface area contributed by atoms with Crippen LogP contribution in [0.5, 0.6) is 5.75 Å². The molecule has 1 aromatic heterocycles. The first-order valence-electron chi connectivity index (χ1n) is 9.11. The molecule has 0 spiro atoms. The third kappa shape index (κ3) is 5.65. The molecule has 5 nitrogen and oxygen atoms in total. The highest BCUT2D eigenvalue weighted by molar-refractivity contribution is 6.32. The van der Waals surface area contributed by atoms with Crippen LogP contribution in [0.3, 0.4) is 0 Å². The predicted octanol–water partition coefficient (Wildman–Crippen LogP) is 3.42. The molecular formula is C20H23ClFN3O2. The van der Waals surface area contributed by atoms with Gasteiger partial charge in [-0.15, -0.1) is 0 Å². The molecule has 1 aromatic carbocycles. The number of aromatic nitrogens is 1. The number of carbonyl (C=O) groups is 1. The molecule has 27 heavy (non-hydrogen) atoms. The maximum Gasteiger partial charge on any atom is 0.261 e. The maximum absolute atomic E-state index is 13.2. The van der Waals surface area contributed by atoms with Crippen LogP contribution in [-0.4, -0.2) is 41.5 Å². The Kier molecular flexibility index (Phi) is 7.01. The van der Waals surface area contributed by atoms with Crippen molar-refractivity contribution in [3.63, 3.8) is 0 Å². The van der Waals surface area contributed by atoms with E-state index in [9.17, 15) is 9.18 Å². The van der Waals surface area contributed by atoms with Crippen molar-refractivity contribution in [2.24, 2.45) is 0 Å². The monoisotopic (exact) mass is 391 g/mol. The molecule has 7 heteroatoms. The Morgan fingerprint density at radius 1 is 1.30 bits per heavy atom. The van der Waals surface area contributed by atoms with Gasteiger partial charge in [-0.25, -0.2) is 4.39 Å². The van der Waals surface area contributed by atoms with Gasteiger partial charge in [-0.3, -0.25) is 9.78 Å². The van der Waals surface area contributed by atoms with Gasteiger partial charge in [-0.2, -0.15) is 0 Å². The number of rotatable bonds is 6. The molecule has 0 saturated carbocycles. The molecule has 1 aliphatic rings. The van der Waals surface area contributed by atoms with Gasteiger partial charge in [-0.05, 0) is 62.7 Å². The number of carbonyl (C=O) groups excluding carboxylic acids is 1. The zero-order valence-electron chi connectivity index (χ0n) is 15.0. The van der Waals surface area contributed by atoms with Gasteiger partial charge < -0.3 is 15.0 Å². The van der Waals surface area contributed by atoms with E-state index in [1.165, 1.54) is 18.2 Å². The van der Waals surface area contributed by atoms with E-state index in [-0.39, 0.29) is 23.6 Å². The van der Waals surface area contributed by atoms with Gasteiger partial charge >= 0.3 is 0 Å². The van der Waals surface area contributed by atoms with Crippen LogP contribution in [-0.2, 0) is 11.3 Å². The Morgan fingerprint density at radius 2 is 2.19 bits per heavy atom. The number of pyridine rings is 1. The Morgan fingerprint density at radius 3 is 2.96 bits per heavy atom. The first-order valence-corrected chi connectivity index (χ1v) is 9.49. The van der Waals surface area contributed by atoms with Crippen LogP contribution in [0.2, 0.25) is 5.02 Å². The molecule has 0 aliphatic carbocycles. The Labute approximate surface area is 163 Å². The molecule has 2 aromatic rings. The average Bonchev–Trinajstić information content (AvgIpc) is 2.95. The van der Waals surface area contributed by atoms with Crippen molar-refractivity contribution < 1.29 is 13.9 Å². The molecule has 0 radical (unpaired) electrons. The average molecular weight is 392 g/mol. The second-order valence-corrected chi connectivity index (χ2v) is 6.95. The van der Waals surface area contributed by atoms with Crippen LogP contribution < -0.4 is 10.1 Å². The predicted molar refractivity (Wildman–Crippen MR) is 102 cm³/mol. The summed E-state index contributed by atoms with van der Waals surface area (Å²) in [5, 5.41) is 3.52. The van der Waals surface area contributed by atoms with E-state index in [4.69, 9.17) is 16.3 Å². The second-order valence-electron chi connectivity index (χ2n) is 6.54. The molecule has 1 aliphatic heterocycles. The summed E-state index contributed by atoms with van der Waals surface area (Å²) in [5.41, 5.74) is 0.836. The zero-order valence-corrected chi connectivity index (χ0v) is 15.8. The van der Waals surface area contributed by atoms with Gasteiger partial charge in [0.05, 0.1) is 17.3 Å². The molecule has 1 amide bonds. The number of nitrogens with zero attached hydrogens (tertiary/aromatic N) is 2. The van der Waals surface area contributed by atoms with E-state index < -0.39 is 5.82 Å². The fourth-order valence-electron chi connectivity index (χ4n) is 3.21. The van der Waals surface area contributed by atoms with Crippen molar-refractivity contribution in [2.75, 3.05) is 19.7 Å². The molecule has 2 heterocycles. The number of hydrogen-bond acceptors (Lipinski definition) is 4. The number of benzene rings is 1. The number of halogens is 2. The summed E-state index contributed by atoms with van der Waals surface area (Å²) in [4.78, 5) is 19.1. The summed E-state index contributed by atoms with van der Waals surface area (Å²) >= 11 is 5.98. The van der Waals surface area contributed by atoms with Gasteiger partial charge in [0.25, 0.3) is 5.91 Å². The molecule has 1 unspecified atom stereocenters. The maximum atomic E-state index is 13.2. The van der Waals surface area contributed by atoms with Crippen molar-refractivity contribution in [2.45, 2.75) is 31.8 Å². The molecule has 1 fully saturated rings. The minimum absolute atomic E-state index is 0.127. The lowest BCUT2D eigenvalue weighted by Crippen LogP contribution is -2.43. The van der Waals surface area contributed by atoms with Crippen LogP contribution in [0, 0.1) is 5.82 Å². The first kappa shape index (κ1) is 19.6. The standard InChI is InChI=1S/C20H23ClFN3O2/c21-18-12-15(22)6-7-19(18)27-14-20(26)25(13-16-4-1-2-10-24-16)17-5-3-9-23-11-8-17/h1-2,4,6-7,10,12,17,23H,3,5,8-9,11,13-14H2. The molecular weight excluding hydrogens is 369 g/mol. The van der Waals surface area contributed by atoms with Gasteiger partial charge in [0.15, 0.2) is 6.61 Å². The summed E-state index contributed by atoms with van der Waals surface area (Å²) in [6.07, 6.45) is 4.56. The normalized spacial score (nSPS) is 17.2. The van der Waals surface area contributed by atoms with Crippen LogP contribution in [0.1, 0.15) is 25.0 Å². The molecule has 144 valence electrons. The summed E-state index contributed by atoms with van der Waals surface area (Å²) in [6, 6.07) is 9.66. The lowest BCUT2D eigenvalue weighted by molar-refractivity contribution is -0.136. The minimum Gasteiger partial charge on any atom is -0.482 e. The highest BCUT2D eigenvalue weighted by Crippen LogP contribution is 2.25. The van der Waals surface area contributed by atoms with E-state index in [1.807, 2.05) is 23.1 Å². The fraction of sp³-hybridized carbons (Fsp3) is 0.400. The Hall–Kier alpha value is -2.18. The SMILES string of the molecule is O=C(COc1ccc(F)cc1Cl)N(Cc1ccccn1)C1CCCNCC1. The lowest BCUT2D eigenvalue weighted by atomic mass is 10.1. The van der Waals surface area contributed by atoms with Crippen LogP contribution >= 0.6 is 11.6 Å². The van der Waals surface area contributed by atoms with Gasteiger partial charge in [-0.1, -0.05) is 17.7 Å². The van der Waals surface area contributed by atoms with E-state index in [0.29, 0.717) is 12.3 Å². The van der Waals surface area contributed by atoms with Crippen LogP contribution in [0.4, 0.5) is 4.39 Å². The van der Waals surface area contributed by atoms with Gasteiger partial charge in [0, 0.05) is 12.2 Å². The lowest BCUT2D eigenvalue weighted by Gasteiger charge is -2.31. The quantitative estimate of drug-likeness (QED) is 0.819. The third-order valence-corrected chi connectivity index (χ3v) is 4.91. The molecule has 1 N–H and O–H groups in total. The first-order chi connectivity index (χ1) is 13.1. The van der Waals surface area contributed by atoms with Gasteiger partial charge in [0.1, 0.15) is 11.6 Å². The minimum atomic E-state index is -0.443. The molecule has 3 rings (SSSR count). The summed E-state index contributed by atoms with van der Waals surface area (Å²) in [6.45, 7) is 2.12. The topological polar surface area (TPSA) is 54.5 Å². The van der Waals surface area contributed by atoms with Crippen molar-refractivity contribution in [1.82, 2.24) is 15.2 Å². The van der Waals surface area contributed by atoms with Gasteiger partial charge in [0.2, 0.25) is 0 Å². The Bertz CT molecular complexity index is 752. The van der Waals surface area contributed by atoms with Crippen molar-refractivity contribution >= 4 is 17.5 Å². The van der Waals surface area contributed by atoms with Crippen LogP contribution in [0.25, 0.3) is 0 Å².